The molecule has 5 aliphatic heterocycles. The fourth-order valence-corrected chi connectivity index (χ4v) is 15.9. The lowest BCUT2D eigenvalue weighted by Crippen LogP contribution is -2.66. The summed E-state index contributed by atoms with van der Waals surface area (Å²) in [6, 6.07) is 0. The van der Waals surface area contributed by atoms with Crippen LogP contribution in [0.25, 0.3) is 0 Å². The zero-order chi connectivity index (χ0) is 53.5. The molecule has 12 N–H and O–H groups in total. The van der Waals surface area contributed by atoms with E-state index in [-0.39, 0.29) is 41.5 Å². The van der Waals surface area contributed by atoms with Gasteiger partial charge in [-0.1, -0.05) is 27.7 Å². The standard InChI is InChI=1S/C52H88O22/c1-21(20-66-46-40(61)39(60)36(57)31(18-53)70-46)10-15-52(65-7)22(2)33-30(74-52)17-29-27-9-8-25-16-26(11-13-50(25,5)28(27)12-14-51(29,33)6)69-49-45(73-48-42(63)38(59)35(56)24(4)68-48)43(64)44(32(19-54)71-49)72-47-41(62)37(58)34(55)23(3)67-47/h21-49,53-64H,8-20H2,1-7H3/t21-,22-,23-,24-,25-,26-,27+,28-,29-,30-,31+,32+,33-,34-,35-,36+,37+,38+,39-,40+,41+,42+,43-,44+,45+,46+,47-,48-,49+,50-,51-,52+/m0/s1. The van der Waals surface area contributed by atoms with Gasteiger partial charge in [0.1, 0.15) is 85.5 Å². The maximum Gasteiger partial charge on any atom is 0.187 e. The van der Waals surface area contributed by atoms with Gasteiger partial charge in [0.2, 0.25) is 0 Å². The molecular formula is C52H88O22. The van der Waals surface area contributed by atoms with Crippen LogP contribution in [0.4, 0.5) is 0 Å². The summed E-state index contributed by atoms with van der Waals surface area (Å²) in [6.07, 6.45) is -20.0. The van der Waals surface area contributed by atoms with E-state index < -0.39 is 142 Å². The molecule has 0 aromatic carbocycles. The number of aliphatic hydroxyl groups excluding tert-OH is 12. The van der Waals surface area contributed by atoms with E-state index in [1.807, 2.05) is 6.92 Å². The number of hydrogen-bond acceptors (Lipinski definition) is 22. The zero-order valence-corrected chi connectivity index (χ0v) is 43.9. The normalized spacial score (nSPS) is 56.0. The van der Waals surface area contributed by atoms with E-state index in [1.165, 1.54) is 13.8 Å². The Morgan fingerprint density at radius 3 is 1.77 bits per heavy atom. The van der Waals surface area contributed by atoms with E-state index in [1.54, 1.807) is 7.11 Å². The van der Waals surface area contributed by atoms with Crippen molar-refractivity contribution < 1.29 is 109 Å². The molecule has 74 heavy (non-hydrogen) atoms. The first-order chi connectivity index (χ1) is 35.0. The van der Waals surface area contributed by atoms with Crippen molar-refractivity contribution in [3.05, 3.63) is 0 Å². The number of aliphatic hydroxyl groups is 12. The van der Waals surface area contributed by atoms with Crippen molar-refractivity contribution in [3.8, 4) is 0 Å². The van der Waals surface area contributed by atoms with Crippen LogP contribution in [0.15, 0.2) is 0 Å². The Kier molecular flexibility index (Phi) is 17.6. The molecule has 0 bridgehead atoms. The SMILES string of the molecule is CO[C@]1(CC[C@H](C)CO[C@@H]2O[C@H](CO)[C@@H](O)[C@H](O)[C@H]2O)O[C@H]2C[C@H]3[C@@H]4CC[C@H]5C[C@@H](O[C@@H]6O[C@H](CO)[C@@H](O[C@@H]7O[C@@H](C)[C@H](O)[C@@H](O)[C@H]7O)[C@H](O)[C@H]6O[C@@H]6O[C@@H](C)[C@H](O)[C@@H](O)[C@H]6O)CC[C@]5(C)[C@H]4CC[C@]3(C)[C@H]2[C@@H]1C. The molecule has 0 aromatic rings. The lowest BCUT2D eigenvalue weighted by atomic mass is 9.44. The molecule has 9 rings (SSSR count). The highest BCUT2D eigenvalue weighted by molar-refractivity contribution is 5.15. The molecule has 32 atom stereocenters. The zero-order valence-electron chi connectivity index (χ0n) is 43.9. The van der Waals surface area contributed by atoms with Gasteiger partial charge in [0.15, 0.2) is 30.9 Å². The summed E-state index contributed by atoms with van der Waals surface area (Å²) in [7, 11) is 1.73. The topological polar surface area (TPSA) is 335 Å². The maximum atomic E-state index is 12.1. The molecule has 4 aliphatic carbocycles. The number of fused-ring (bicyclic) bond motifs is 7. The van der Waals surface area contributed by atoms with Gasteiger partial charge in [0.05, 0.1) is 44.2 Å². The molecule has 428 valence electrons. The van der Waals surface area contributed by atoms with Gasteiger partial charge < -0.3 is 109 Å². The average Bonchev–Trinajstić information content (AvgIpc) is 3.84. The van der Waals surface area contributed by atoms with Crippen LogP contribution in [0, 0.1) is 52.3 Å². The van der Waals surface area contributed by atoms with Crippen LogP contribution in [-0.2, 0) is 47.4 Å². The Balaban J connectivity index is 0.838. The monoisotopic (exact) mass is 1060 g/mol. The molecule has 0 radical (unpaired) electrons. The van der Waals surface area contributed by atoms with Gasteiger partial charge in [0.25, 0.3) is 0 Å². The number of rotatable bonds is 15. The van der Waals surface area contributed by atoms with Crippen LogP contribution in [0.1, 0.15) is 106 Å². The van der Waals surface area contributed by atoms with Crippen molar-refractivity contribution in [2.45, 2.75) is 247 Å². The molecule has 0 spiro atoms. The number of methoxy groups -OCH3 is 1. The van der Waals surface area contributed by atoms with E-state index in [0.717, 1.165) is 38.5 Å². The minimum atomic E-state index is -1.73. The molecular weight excluding hydrogens is 977 g/mol. The quantitative estimate of drug-likeness (QED) is 0.0853. The maximum absolute atomic E-state index is 12.1. The van der Waals surface area contributed by atoms with Crippen molar-refractivity contribution in [1.82, 2.24) is 0 Å². The molecule has 9 fully saturated rings. The van der Waals surface area contributed by atoms with Gasteiger partial charge in [-0.2, -0.15) is 0 Å². The van der Waals surface area contributed by atoms with E-state index in [0.29, 0.717) is 55.3 Å². The minimum absolute atomic E-state index is 0.0111. The van der Waals surface area contributed by atoms with Crippen molar-refractivity contribution in [2.24, 2.45) is 52.3 Å². The van der Waals surface area contributed by atoms with E-state index in [4.69, 9.17) is 47.4 Å². The van der Waals surface area contributed by atoms with Crippen molar-refractivity contribution in [1.29, 1.82) is 0 Å². The van der Waals surface area contributed by atoms with Gasteiger partial charge in [0, 0.05) is 19.4 Å². The molecule has 0 amide bonds. The van der Waals surface area contributed by atoms with Crippen LogP contribution < -0.4 is 0 Å². The molecule has 0 unspecified atom stereocenters. The van der Waals surface area contributed by atoms with Gasteiger partial charge in [-0.15, -0.1) is 0 Å². The highest BCUT2D eigenvalue weighted by Crippen LogP contribution is 2.71. The third-order valence-corrected chi connectivity index (χ3v) is 20.3. The number of hydrogen-bond donors (Lipinski definition) is 12. The first-order valence-corrected chi connectivity index (χ1v) is 27.5. The summed E-state index contributed by atoms with van der Waals surface area (Å²) in [6.45, 7) is 11.2. The lowest BCUT2D eigenvalue weighted by Gasteiger charge is -2.61. The minimum Gasteiger partial charge on any atom is -0.394 e. The Bertz CT molecular complexity index is 1850. The van der Waals surface area contributed by atoms with Crippen molar-refractivity contribution in [3.63, 3.8) is 0 Å². The summed E-state index contributed by atoms with van der Waals surface area (Å²) in [5.74, 6) is 1.44. The summed E-state index contributed by atoms with van der Waals surface area (Å²) in [5, 5.41) is 127. The molecule has 5 saturated heterocycles. The second kappa shape index (κ2) is 22.6. The van der Waals surface area contributed by atoms with Gasteiger partial charge in [-0.25, -0.2) is 0 Å². The van der Waals surface area contributed by atoms with Crippen molar-refractivity contribution >= 4 is 0 Å². The Labute approximate surface area is 433 Å². The molecule has 22 heteroatoms. The van der Waals surface area contributed by atoms with Gasteiger partial charge in [-0.05, 0) is 118 Å². The van der Waals surface area contributed by atoms with Crippen LogP contribution in [0.5, 0.6) is 0 Å². The Morgan fingerprint density at radius 2 is 1.15 bits per heavy atom. The Hall–Kier alpha value is -0.880. The summed E-state index contributed by atoms with van der Waals surface area (Å²) >= 11 is 0. The first kappa shape index (κ1) is 57.8. The van der Waals surface area contributed by atoms with Crippen LogP contribution in [-0.4, -0.2) is 229 Å². The van der Waals surface area contributed by atoms with Crippen LogP contribution in [0.2, 0.25) is 0 Å². The van der Waals surface area contributed by atoms with E-state index >= 15 is 0 Å². The van der Waals surface area contributed by atoms with Gasteiger partial charge >= 0.3 is 0 Å². The number of ether oxygens (including phenoxy) is 10. The van der Waals surface area contributed by atoms with E-state index in [2.05, 4.69) is 20.8 Å². The molecule has 22 nitrogen and oxygen atoms in total. The molecule has 0 aromatic heterocycles. The molecule has 4 saturated carbocycles. The second-order valence-electron chi connectivity index (χ2n) is 24.4. The largest absolute Gasteiger partial charge is 0.394 e. The predicted octanol–water partition coefficient (Wildman–Crippen LogP) is -1.25. The highest BCUT2D eigenvalue weighted by Gasteiger charge is 2.69. The molecule has 9 aliphatic rings. The highest BCUT2D eigenvalue weighted by atomic mass is 16.8. The third kappa shape index (κ3) is 10.2. The van der Waals surface area contributed by atoms with Gasteiger partial charge in [-0.3, -0.25) is 0 Å². The third-order valence-electron chi connectivity index (χ3n) is 20.3. The molecule has 5 heterocycles. The van der Waals surface area contributed by atoms with Crippen LogP contribution in [0.3, 0.4) is 0 Å². The lowest BCUT2D eigenvalue weighted by molar-refractivity contribution is -0.389. The van der Waals surface area contributed by atoms with Crippen molar-refractivity contribution in [2.75, 3.05) is 26.9 Å². The average molecular weight is 1070 g/mol. The van der Waals surface area contributed by atoms with Crippen LogP contribution >= 0.6 is 0 Å². The second-order valence-corrected chi connectivity index (χ2v) is 24.4. The summed E-state index contributed by atoms with van der Waals surface area (Å²) < 4.78 is 61.6. The van der Waals surface area contributed by atoms with E-state index in [9.17, 15) is 61.3 Å². The summed E-state index contributed by atoms with van der Waals surface area (Å²) in [5.41, 5.74) is 0.0744. The predicted molar refractivity (Wildman–Crippen MR) is 254 cm³/mol. The first-order valence-electron chi connectivity index (χ1n) is 27.5. The fraction of sp³-hybridized carbons (Fsp3) is 1.00. The summed E-state index contributed by atoms with van der Waals surface area (Å²) in [4.78, 5) is 0. The fourth-order valence-electron chi connectivity index (χ4n) is 15.9. The smallest absolute Gasteiger partial charge is 0.187 e. The Morgan fingerprint density at radius 1 is 0.568 bits per heavy atom.